The van der Waals surface area contributed by atoms with Crippen molar-refractivity contribution in [3.63, 3.8) is 0 Å². The lowest BCUT2D eigenvalue weighted by Gasteiger charge is -2.26. The number of carbonyl (C=O) groups is 1. The van der Waals surface area contributed by atoms with Crippen molar-refractivity contribution in [2.24, 2.45) is 0 Å². The van der Waals surface area contributed by atoms with Gasteiger partial charge in [-0.1, -0.05) is 6.58 Å². The lowest BCUT2D eigenvalue weighted by molar-refractivity contribution is -0.183. The van der Waals surface area contributed by atoms with E-state index in [2.05, 4.69) is 6.58 Å². The Bertz CT molecular complexity index is 226. The van der Waals surface area contributed by atoms with Gasteiger partial charge in [0.25, 0.3) is 0 Å². The minimum Gasteiger partial charge on any atom is -0.454 e. The van der Waals surface area contributed by atoms with E-state index in [1.54, 1.807) is 0 Å². The lowest BCUT2D eigenvalue weighted by atomic mass is 10.1. The third-order valence-corrected chi connectivity index (χ3v) is 2.28. The zero-order chi connectivity index (χ0) is 9.26. The van der Waals surface area contributed by atoms with Gasteiger partial charge in [-0.15, -0.1) is 0 Å². The summed E-state index contributed by atoms with van der Waals surface area (Å²) >= 11 is 0. The summed E-state index contributed by atoms with van der Waals surface area (Å²) in [4.78, 5) is 10.9. The SMILES string of the molecule is C=CC(=O)O[C@H]1CC[C@H]2CO[C@@H]1O2. The van der Waals surface area contributed by atoms with Gasteiger partial charge in [0.05, 0.1) is 12.7 Å². The van der Waals surface area contributed by atoms with Crippen molar-refractivity contribution < 1.29 is 19.0 Å². The van der Waals surface area contributed by atoms with Crippen LogP contribution in [-0.2, 0) is 19.0 Å². The van der Waals surface area contributed by atoms with E-state index < -0.39 is 5.97 Å². The molecule has 0 aromatic carbocycles. The summed E-state index contributed by atoms with van der Waals surface area (Å²) < 4.78 is 15.8. The Morgan fingerprint density at radius 3 is 3.15 bits per heavy atom. The van der Waals surface area contributed by atoms with E-state index >= 15 is 0 Å². The predicted octanol–water partition coefficient (Wildman–Crippen LogP) is 0.619. The van der Waals surface area contributed by atoms with Crippen LogP contribution in [0.15, 0.2) is 12.7 Å². The molecule has 0 N–H and O–H groups in total. The van der Waals surface area contributed by atoms with Crippen LogP contribution in [0.5, 0.6) is 0 Å². The summed E-state index contributed by atoms with van der Waals surface area (Å²) in [5.74, 6) is -0.414. The van der Waals surface area contributed by atoms with Gasteiger partial charge in [-0.05, 0) is 12.8 Å². The van der Waals surface area contributed by atoms with Crippen LogP contribution in [0.2, 0.25) is 0 Å². The molecule has 2 saturated heterocycles. The van der Waals surface area contributed by atoms with Gasteiger partial charge in [-0.3, -0.25) is 0 Å². The summed E-state index contributed by atoms with van der Waals surface area (Å²) in [5.41, 5.74) is 0. The topological polar surface area (TPSA) is 44.8 Å². The summed E-state index contributed by atoms with van der Waals surface area (Å²) in [7, 11) is 0. The molecule has 0 saturated carbocycles. The second-order valence-electron chi connectivity index (χ2n) is 3.22. The van der Waals surface area contributed by atoms with Crippen molar-refractivity contribution in [3.8, 4) is 0 Å². The zero-order valence-electron chi connectivity index (χ0n) is 7.27. The molecule has 0 aliphatic carbocycles. The monoisotopic (exact) mass is 184 g/mol. The number of hydrogen-bond donors (Lipinski definition) is 0. The fourth-order valence-corrected chi connectivity index (χ4v) is 1.61. The highest BCUT2D eigenvalue weighted by molar-refractivity contribution is 5.81. The molecule has 2 fully saturated rings. The summed E-state index contributed by atoms with van der Waals surface area (Å²) in [5, 5.41) is 0. The maximum absolute atomic E-state index is 10.9. The molecule has 2 bridgehead atoms. The highest BCUT2D eigenvalue weighted by Gasteiger charge is 2.39. The van der Waals surface area contributed by atoms with Crippen LogP contribution in [-0.4, -0.2) is 31.1 Å². The second kappa shape index (κ2) is 3.47. The summed E-state index contributed by atoms with van der Waals surface area (Å²) in [6.07, 6.45) is 2.44. The van der Waals surface area contributed by atoms with Crippen LogP contribution >= 0.6 is 0 Å². The first-order chi connectivity index (χ1) is 6.29. The largest absolute Gasteiger partial charge is 0.454 e. The molecule has 2 aliphatic heterocycles. The van der Waals surface area contributed by atoms with Gasteiger partial charge < -0.3 is 14.2 Å². The number of hydrogen-bond acceptors (Lipinski definition) is 4. The van der Waals surface area contributed by atoms with E-state index in [1.807, 2.05) is 0 Å². The average molecular weight is 184 g/mol. The average Bonchev–Trinajstić information content (AvgIpc) is 2.54. The Labute approximate surface area is 76.5 Å². The van der Waals surface area contributed by atoms with Gasteiger partial charge in [0.2, 0.25) is 0 Å². The number of rotatable bonds is 2. The van der Waals surface area contributed by atoms with Crippen molar-refractivity contribution in [3.05, 3.63) is 12.7 Å². The third-order valence-electron chi connectivity index (χ3n) is 2.28. The Hall–Kier alpha value is -0.870. The first-order valence-electron chi connectivity index (χ1n) is 4.39. The van der Waals surface area contributed by atoms with Gasteiger partial charge in [-0.2, -0.15) is 0 Å². The van der Waals surface area contributed by atoms with Crippen molar-refractivity contribution >= 4 is 5.97 Å². The zero-order valence-corrected chi connectivity index (χ0v) is 7.27. The van der Waals surface area contributed by atoms with E-state index in [1.165, 1.54) is 0 Å². The minimum atomic E-state index is -0.414. The van der Waals surface area contributed by atoms with Crippen molar-refractivity contribution in [2.75, 3.05) is 6.61 Å². The number of fused-ring (bicyclic) bond motifs is 2. The van der Waals surface area contributed by atoms with Crippen molar-refractivity contribution in [2.45, 2.75) is 31.3 Å². The van der Waals surface area contributed by atoms with Gasteiger partial charge in [0, 0.05) is 6.08 Å². The molecule has 0 unspecified atom stereocenters. The highest BCUT2D eigenvalue weighted by Crippen LogP contribution is 2.28. The maximum atomic E-state index is 10.9. The Morgan fingerprint density at radius 1 is 1.54 bits per heavy atom. The van der Waals surface area contributed by atoms with Crippen LogP contribution in [0.1, 0.15) is 12.8 Å². The Morgan fingerprint density at radius 2 is 2.38 bits per heavy atom. The van der Waals surface area contributed by atoms with Crippen LogP contribution in [0.25, 0.3) is 0 Å². The fourth-order valence-electron chi connectivity index (χ4n) is 1.61. The molecule has 2 aliphatic rings. The van der Waals surface area contributed by atoms with Crippen LogP contribution in [0.4, 0.5) is 0 Å². The molecule has 2 rings (SSSR count). The van der Waals surface area contributed by atoms with E-state index in [9.17, 15) is 4.79 Å². The van der Waals surface area contributed by atoms with Crippen LogP contribution < -0.4 is 0 Å². The van der Waals surface area contributed by atoms with Gasteiger partial charge in [0.1, 0.15) is 0 Å². The molecule has 0 amide bonds. The summed E-state index contributed by atoms with van der Waals surface area (Å²) in [6, 6.07) is 0. The fraction of sp³-hybridized carbons (Fsp3) is 0.667. The van der Waals surface area contributed by atoms with Crippen molar-refractivity contribution in [1.82, 2.24) is 0 Å². The van der Waals surface area contributed by atoms with Crippen LogP contribution in [0, 0.1) is 0 Å². The summed E-state index contributed by atoms with van der Waals surface area (Å²) in [6.45, 7) is 3.95. The molecule has 4 nitrogen and oxygen atoms in total. The second-order valence-corrected chi connectivity index (χ2v) is 3.22. The third kappa shape index (κ3) is 1.73. The van der Waals surface area contributed by atoms with E-state index in [0.29, 0.717) is 6.61 Å². The molecular weight excluding hydrogens is 172 g/mol. The normalized spacial score (nSPS) is 37.1. The molecule has 0 spiro atoms. The molecule has 0 aromatic rings. The first-order valence-corrected chi connectivity index (χ1v) is 4.39. The predicted molar refractivity (Wildman–Crippen MR) is 43.9 cm³/mol. The van der Waals surface area contributed by atoms with Crippen molar-refractivity contribution in [1.29, 1.82) is 0 Å². The Balaban J connectivity index is 1.92. The van der Waals surface area contributed by atoms with Gasteiger partial charge >= 0.3 is 5.97 Å². The molecule has 3 atom stereocenters. The molecular formula is C9H12O4. The van der Waals surface area contributed by atoms with E-state index in [0.717, 1.165) is 18.9 Å². The minimum absolute atomic E-state index is 0.198. The van der Waals surface area contributed by atoms with Gasteiger partial charge in [-0.25, -0.2) is 4.79 Å². The molecule has 72 valence electrons. The lowest BCUT2D eigenvalue weighted by Crippen LogP contribution is -2.36. The van der Waals surface area contributed by atoms with E-state index in [-0.39, 0.29) is 18.5 Å². The molecule has 13 heavy (non-hydrogen) atoms. The smallest absolute Gasteiger partial charge is 0.330 e. The highest BCUT2D eigenvalue weighted by atomic mass is 16.7. The number of carbonyl (C=O) groups excluding carboxylic acids is 1. The van der Waals surface area contributed by atoms with E-state index in [4.69, 9.17) is 14.2 Å². The number of ether oxygens (including phenoxy) is 3. The maximum Gasteiger partial charge on any atom is 0.330 e. The quantitative estimate of drug-likeness (QED) is 0.466. The van der Waals surface area contributed by atoms with Crippen LogP contribution in [0.3, 0.4) is 0 Å². The molecule has 0 aromatic heterocycles. The molecule has 2 heterocycles. The number of esters is 1. The van der Waals surface area contributed by atoms with Gasteiger partial charge in [0.15, 0.2) is 12.4 Å². The standard InChI is InChI=1S/C9H12O4/c1-2-8(10)13-7-4-3-6-5-11-9(7)12-6/h2,6-7,9H,1,3-5H2/t6-,7-,9+/m0/s1. The molecule has 0 radical (unpaired) electrons. The molecule has 4 heteroatoms. The first kappa shape index (κ1) is 8.72. The Kier molecular flexibility index (Phi) is 2.33.